The van der Waals surface area contributed by atoms with Crippen LogP contribution in [0.1, 0.15) is 5.69 Å². The van der Waals surface area contributed by atoms with Crippen molar-refractivity contribution in [2.45, 2.75) is 13.0 Å². The number of aryl methyl sites for hydroxylation is 2. The number of hydrogen-bond acceptors (Lipinski definition) is 3. The Morgan fingerprint density at radius 1 is 1.67 bits per heavy atom. The minimum absolute atomic E-state index is 0.665. The third kappa shape index (κ3) is 1.43. The van der Waals surface area contributed by atoms with Gasteiger partial charge in [-0.2, -0.15) is 16.9 Å². The molecule has 1 aromatic rings. The minimum atomic E-state index is 0.665. The SMILES string of the molecule is Cc1nn(C)cc1NC1CSC1. The van der Waals surface area contributed by atoms with Crippen LogP contribution in [0.4, 0.5) is 5.69 Å². The number of nitrogens with one attached hydrogen (secondary N) is 1. The van der Waals surface area contributed by atoms with Crippen LogP contribution >= 0.6 is 11.8 Å². The second-order valence-electron chi connectivity index (χ2n) is 3.18. The molecule has 1 aliphatic rings. The first kappa shape index (κ1) is 7.98. The molecule has 0 bridgehead atoms. The Labute approximate surface area is 76.5 Å². The van der Waals surface area contributed by atoms with E-state index in [1.54, 1.807) is 0 Å². The van der Waals surface area contributed by atoms with E-state index in [9.17, 15) is 0 Å². The number of aromatic nitrogens is 2. The third-order valence-corrected chi connectivity index (χ3v) is 3.29. The van der Waals surface area contributed by atoms with Crippen LogP contribution in [0.5, 0.6) is 0 Å². The van der Waals surface area contributed by atoms with Gasteiger partial charge in [-0.1, -0.05) is 0 Å². The largest absolute Gasteiger partial charge is 0.378 e. The van der Waals surface area contributed by atoms with Gasteiger partial charge in [-0.3, -0.25) is 4.68 Å². The predicted octanol–water partition coefficient (Wildman–Crippen LogP) is 1.26. The van der Waals surface area contributed by atoms with E-state index in [4.69, 9.17) is 0 Å². The molecule has 1 saturated heterocycles. The van der Waals surface area contributed by atoms with Gasteiger partial charge in [0.15, 0.2) is 0 Å². The van der Waals surface area contributed by atoms with Gasteiger partial charge in [-0.05, 0) is 6.92 Å². The molecular formula is C8H13N3S. The van der Waals surface area contributed by atoms with Crippen molar-refractivity contribution < 1.29 is 0 Å². The van der Waals surface area contributed by atoms with E-state index < -0.39 is 0 Å². The van der Waals surface area contributed by atoms with Gasteiger partial charge in [0.05, 0.1) is 11.4 Å². The summed E-state index contributed by atoms with van der Waals surface area (Å²) >= 11 is 1.99. The highest BCUT2D eigenvalue weighted by molar-refractivity contribution is 8.00. The average molecular weight is 183 g/mol. The zero-order valence-electron chi connectivity index (χ0n) is 7.37. The van der Waals surface area contributed by atoms with Gasteiger partial charge in [0.25, 0.3) is 0 Å². The number of hydrogen-bond donors (Lipinski definition) is 1. The second kappa shape index (κ2) is 3.01. The maximum atomic E-state index is 4.27. The van der Waals surface area contributed by atoms with Gasteiger partial charge in [0.1, 0.15) is 0 Å². The van der Waals surface area contributed by atoms with Crippen LogP contribution in [0.25, 0.3) is 0 Å². The molecular weight excluding hydrogens is 170 g/mol. The van der Waals surface area contributed by atoms with Crippen LogP contribution in [0.3, 0.4) is 0 Å². The minimum Gasteiger partial charge on any atom is -0.378 e. The average Bonchev–Trinajstić information content (AvgIpc) is 2.21. The Bertz CT molecular complexity index is 278. The fourth-order valence-corrected chi connectivity index (χ4v) is 1.92. The molecule has 4 heteroatoms. The molecule has 0 amide bonds. The summed E-state index contributed by atoms with van der Waals surface area (Å²) in [4.78, 5) is 0. The van der Waals surface area contributed by atoms with E-state index in [1.165, 1.54) is 17.2 Å². The maximum absolute atomic E-state index is 4.27. The summed E-state index contributed by atoms with van der Waals surface area (Å²) in [7, 11) is 1.95. The molecule has 1 N–H and O–H groups in total. The van der Waals surface area contributed by atoms with Crippen molar-refractivity contribution in [3.05, 3.63) is 11.9 Å². The van der Waals surface area contributed by atoms with Gasteiger partial charge in [-0.15, -0.1) is 0 Å². The molecule has 0 aliphatic carbocycles. The fourth-order valence-electron chi connectivity index (χ4n) is 1.28. The molecule has 3 nitrogen and oxygen atoms in total. The van der Waals surface area contributed by atoms with Crippen molar-refractivity contribution in [2.75, 3.05) is 16.8 Å². The third-order valence-electron chi connectivity index (χ3n) is 2.01. The molecule has 0 unspecified atom stereocenters. The Morgan fingerprint density at radius 2 is 2.42 bits per heavy atom. The summed E-state index contributed by atoms with van der Waals surface area (Å²) in [5, 5.41) is 7.73. The Balaban J connectivity index is 2.05. The summed E-state index contributed by atoms with van der Waals surface area (Å²) in [5.74, 6) is 2.46. The highest BCUT2D eigenvalue weighted by Crippen LogP contribution is 2.23. The highest BCUT2D eigenvalue weighted by Gasteiger charge is 2.18. The molecule has 0 radical (unpaired) electrons. The Hall–Kier alpha value is -0.640. The first-order valence-corrected chi connectivity index (χ1v) is 5.25. The topological polar surface area (TPSA) is 29.9 Å². The first-order valence-electron chi connectivity index (χ1n) is 4.10. The quantitative estimate of drug-likeness (QED) is 0.748. The number of rotatable bonds is 2. The van der Waals surface area contributed by atoms with Crippen LogP contribution in [-0.4, -0.2) is 27.3 Å². The zero-order valence-corrected chi connectivity index (χ0v) is 8.19. The molecule has 2 rings (SSSR count). The van der Waals surface area contributed by atoms with Gasteiger partial charge in [0.2, 0.25) is 0 Å². The number of thioether (sulfide) groups is 1. The van der Waals surface area contributed by atoms with E-state index in [0.717, 1.165) is 5.69 Å². The molecule has 1 aliphatic heterocycles. The van der Waals surface area contributed by atoms with Crippen molar-refractivity contribution >= 4 is 17.4 Å². The summed E-state index contributed by atoms with van der Waals surface area (Å²) in [6, 6.07) is 0.665. The standard InChI is InChI=1S/C8H13N3S/c1-6-8(3-11(2)10-6)9-7-4-12-5-7/h3,7,9H,4-5H2,1-2H3. The van der Waals surface area contributed by atoms with Crippen molar-refractivity contribution in [2.24, 2.45) is 7.05 Å². The molecule has 1 aromatic heterocycles. The Kier molecular flexibility index (Phi) is 2.00. The lowest BCUT2D eigenvalue weighted by molar-refractivity contribution is 0.756. The lowest BCUT2D eigenvalue weighted by Crippen LogP contribution is -2.33. The van der Waals surface area contributed by atoms with E-state index in [-0.39, 0.29) is 0 Å². The van der Waals surface area contributed by atoms with Crippen molar-refractivity contribution in [1.29, 1.82) is 0 Å². The van der Waals surface area contributed by atoms with E-state index in [0.29, 0.717) is 6.04 Å². The molecule has 66 valence electrons. The monoisotopic (exact) mass is 183 g/mol. The maximum Gasteiger partial charge on any atom is 0.0825 e. The van der Waals surface area contributed by atoms with Crippen LogP contribution in [-0.2, 0) is 7.05 Å². The number of nitrogens with zero attached hydrogens (tertiary/aromatic N) is 2. The first-order chi connectivity index (χ1) is 5.75. The Morgan fingerprint density at radius 3 is 2.83 bits per heavy atom. The van der Waals surface area contributed by atoms with E-state index in [2.05, 4.69) is 10.4 Å². The molecule has 0 aromatic carbocycles. The smallest absolute Gasteiger partial charge is 0.0825 e. The van der Waals surface area contributed by atoms with Gasteiger partial charge in [0, 0.05) is 30.8 Å². The summed E-state index contributed by atoms with van der Waals surface area (Å²) in [5.41, 5.74) is 2.28. The summed E-state index contributed by atoms with van der Waals surface area (Å²) < 4.78 is 1.85. The fraction of sp³-hybridized carbons (Fsp3) is 0.625. The van der Waals surface area contributed by atoms with Crippen LogP contribution in [0, 0.1) is 6.92 Å². The van der Waals surface area contributed by atoms with Crippen molar-refractivity contribution in [1.82, 2.24) is 9.78 Å². The van der Waals surface area contributed by atoms with Crippen LogP contribution in [0.15, 0.2) is 6.20 Å². The zero-order chi connectivity index (χ0) is 8.55. The molecule has 0 atom stereocenters. The van der Waals surface area contributed by atoms with Gasteiger partial charge >= 0.3 is 0 Å². The number of anilines is 1. The summed E-state index contributed by atoms with van der Waals surface area (Å²) in [6.07, 6.45) is 2.04. The molecule has 1 fully saturated rings. The second-order valence-corrected chi connectivity index (χ2v) is 4.26. The van der Waals surface area contributed by atoms with E-state index in [1.807, 2.05) is 36.6 Å². The lowest BCUT2D eigenvalue weighted by atomic mass is 10.3. The van der Waals surface area contributed by atoms with Gasteiger partial charge < -0.3 is 5.32 Å². The predicted molar refractivity (Wildman–Crippen MR) is 52.7 cm³/mol. The lowest BCUT2D eigenvalue weighted by Gasteiger charge is -2.26. The van der Waals surface area contributed by atoms with E-state index >= 15 is 0 Å². The molecule has 0 saturated carbocycles. The van der Waals surface area contributed by atoms with Crippen molar-refractivity contribution in [3.63, 3.8) is 0 Å². The van der Waals surface area contributed by atoms with Gasteiger partial charge in [-0.25, -0.2) is 0 Å². The normalized spacial score (nSPS) is 17.5. The van der Waals surface area contributed by atoms with Crippen LogP contribution in [0.2, 0.25) is 0 Å². The molecule has 12 heavy (non-hydrogen) atoms. The summed E-state index contributed by atoms with van der Waals surface area (Å²) in [6.45, 7) is 2.04. The molecule has 0 spiro atoms. The molecule has 2 heterocycles. The highest BCUT2D eigenvalue weighted by atomic mass is 32.2. The van der Waals surface area contributed by atoms with Crippen molar-refractivity contribution in [3.8, 4) is 0 Å². The van der Waals surface area contributed by atoms with Crippen LogP contribution < -0.4 is 5.32 Å².